The highest BCUT2D eigenvalue weighted by atomic mass is 79.9. The lowest BCUT2D eigenvalue weighted by Gasteiger charge is -2.10. The maximum atomic E-state index is 6.08. The van der Waals surface area contributed by atoms with Gasteiger partial charge in [-0.15, -0.1) is 0 Å². The van der Waals surface area contributed by atoms with Crippen LogP contribution in [0, 0.1) is 6.92 Å². The van der Waals surface area contributed by atoms with Crippen LogP contribution in [-0.2, 0) is 6.42 Å². The minimum atomic E-state index is 0.479. The van der Waals surface area contributed by atoms with Gasteiger partial charge in [0.15, 0.2) is 0 Å². The van der Waals surface area contributed by atoms with Gasteiger partial charge in [0.1, 0.15) is 16.8 Å². The maximum absolute atomic E-state index is 6.08. The molecule has 0 amide bonds. The van der Waals surface area contributed by atoms with Crippen LogP contribution in [-0.4, -0.2) is 15.0 Å². The molecule has 18 heavy (non-hydrogen) atoms. The zero-order valence-electron chi connectivity index (χ0n) is 10.0. The highest BCUT2D eigenvalue weighted by Gasteiger charge is 2.09. The van der Waals surface area contributed by atoms with Crippen LogP contribution >= 0.6 is 27.5 Å². The molecule has 2 rings (SSSR count). The van der Waals surface area contributed by atoms with Gasteiger partial charge in [0.25, 0.3) is 0 Å². The molecule has 2 heterocycles. The van der Waals surface area contributed by atoms with Crippen LogP contribution in [0.25, 0.3) is 0 Å². The summed E-state index contributed by atoms with van der Waals surface area (Å²) in [5.74, 6) is 1.43. The molecule has 0 spiro atoms. The molecule has 0 saturated carbocycles. The summed E-state index contributed by atoms with van der Waals surface area (Å²) < 4.78 is 0.904. The van der Waals surface area contributed by atoms with Crippen LogP contribution in [0.2, 0.25) is 5.15 Å². The van der Waals surface area contributed by atoms with Gasteiger partial charge in [-0.05, 0) is 28.9 Å². The first-order valence-corrected chi connectivity index (χ1v) is 6.68. The van der Waals surface area contributed by atoms with Gasteiger partial charge in [-0.2, -0.15) is 0 Å². The minimum absolute atomic E-state index is 0.479. The van der Waals surface area contributed by atoms with E-state index in [4.69, 9.17) is 11.6 Å². The number of hydrogen-bond donors (Lipinski definition) is 1. The third kappa shape index (κ3) is 2.97. The van der Waals surface area contributed by atoms with E-state index >= 15 is 0 Å². The van der Waals surface area contributed by atoms with Gasteiger partial charge in [0.05, 0.1) is 11.9 Å². The number of rotatable bonds is 3. The summed E-state index contributed by atoms with van der Waals surface area (Å²) in [6.07, 6.45) is 4.19. The Morgan fingerprint density at radius 2 is 2.11 bits per heavy atom. The minimum Gasteiger partial charge on any atom is -0.339 e. The molecule has 0 fully saturated rings. The summed E-state index contributed by atoms with van der Waals surface area (Å²) in [6.45, 7) is 3.88. The number of pyridine rings is 1. The number of halogens is 2. The summed E-state index contributed by atoms with van der Waals surface area (Å²) in [7, 11) is 0. The average molecular weight is 328 g/mol. The summed E-state index contributed by atoms with van der Waals surface area (Å²) in [5, 5.41) is 3.68. The Labute approximate surface area is 119 Å². The number of aryl methyl sites for hydroxylation is 1. The molecular formula is C12H12BrClN4. The fourth-order valence-corrected chi connectivity index (χ4v) is 1.98. The second kappa shape index (κ2) is 5.63. The summed E-state index contributed by atoms with van der Waals surface area (Å²) in [6, 6.07) is 1.92. The summed E-state index contributed by atoms with van der Waals surface area (Å²) >= 11 is 9.45. The van der Waals surface area contributed by atoms with Crippen molar-refractivity contribution in [1.29, 1.82) is 0 Å². The summed E-state index contributed by atoms with van der Waals surface area (Å²) in [5.41, 5.74) is 1.68. The first-order chi connectivity index (χ1) is 8.60. The lowest BCUT2D eigenvalue weighted by atomic mass is 10.3. The van der Waals surface area contributed by atoms with Crippen molar-refractivity contribution in [3.05, 3.63) is 39.5 Å². The smallest absolute Gasteiger partial charge is 0.138 e. The second-order valence-corrected chi connectivity index (χ2v) is 5.05. The molecule has 1 N–H and O–H groups in total. The topological polar surface area (TPSA) is 50.7 Å². The third-order valence-corrected chi connectivity index (χ3v) is 3.22. The van der Waals surface area contributed by atoms with E-state index in [2.05, 4.69) is 36.2 Å². The van der Waals surface area contributed by atoms with Gasteiger partial charge in [-0.1, -0.05) is 18.5 Å². The van der Waals surface area contributed by atoms with Crippen molar-refractivity contribution in [1.82, 2.24) is 15.0 Å². The molecule has 2 aromatic rings. The zero-order valence-corrected chi connectivity index (χ0v) is 12.4. The van der Waals surface area contributed by atoms with E-state index in [1.54, 1.807) is 12.4 Å². The van der Waals surface area contributed by atoms with E-state index in [1.165, 1.54) is 0 Å². The Morgan fingerprint density at radius 3 is 2.78 bits per heavy atom. The molecule has 0 atom stereocenters. The lowest BCUT2D eigenvalue weighted by molar-refractivity contribution is 0.934. The Bertz CT molecular complexity index is 574. The van der Waals surface area contributed by atoms with Crippen molar-refractivity contribution < 1.29 is 0 Å². The van der Waals surface area contributed by atoms with Crippen molar-refractivity contribution in [2.24, 2.45) is 0 Å². The molecule has 0 bridgehead atoms. The second-order valence-electron chi connectivity index (χ2n) is 3.77. The van der Waals surface area contributed by atoms with Crippen LogP contribution in [0.3, 0.4) is 0 Å². The van der Waals surface area contributed by atoms with Crippen LogP contribution in [0.5, 0.6) is 0 Å². The molecule has 94 valence electrons. The van der Waals surface area contributed by atoms with E-state index in [9.17, 15) is 0 Å². The molecular weight excluding hydrogens is 316 g/mol. The SMILES string of the molecule is CCc1nc(Cl)c(C)c(Nc2cncc(Br)c2)n1. The number of nitrogens with one attached hydrogen (secondary N) is 1. The molecule has 0 radical (unpaired) electrons. The van der Waals surface area contributed by atoms with Gasteiger partial charge >= 0.3 is 0 Å². The molecule has 0 aliphatic carbocycles. The van der Waals surface area contributed by atoms with E-state index < -0.39 is 0 Å². The number of nitrogens with zero attached hydrogens (tertiary/aromatic N) is 3. The molecule has 0 aliphatic heterocycles. The Kier molecular flexibility index (Phi) is 4.14. The molecule has 4 nitrogen and oxygen atoms in total. The number of hydrogen-bond acceptors (Lipinski definition) is 4. The Hall–Kier alpha value is -1.20. The maximum Gasteiger partial charge on any atom is 0.138 e. The fraction of sp³-hybridized carbons (Fsp3) is 0.250. The van der Waals surface area contributed by atoms with Gasteiger partial charge in [0, 0.05) is 22.7 Å². The standard InChI is InChI=1S/C12H12BrClN4/c1-3-10-17-11(14)7(2)12(18-10)16-9-4-8(13)5-15-6-9/h4-6H,3H2,1-2H3,(H,16,17,18). The van der Waals surface area contributed by atoms with Crippen molar-refractivity contribution in [2.45, 2.75) is 20.3 Å². The predicted octanol–water partition coefficient (Wildman–Crippen LogP) is 3.90. The molecule has 0 aliphatic rings. The predicted molar refractivity (Wildman–Crippen MR) is 76.4 cm³/mol. The van der Waals surface area contributed by atoms with Crippen molar-refractivity contribution in [3.8, 4) is 0 Å². The van der Waals surface area contributed by atoms with E-state index in [0.29, 0.717) is 11.0 Å². The molecule has 0 saturated heterocycles. The van der Waals surface area contributed by atoms with Gasteiger partial charge in [0.2, 0.25) is 0 Å². The van der Waals surface area contributed by atoms with Crippen molar-refractivity contribution in [2.75, 3.05) is 5.32 Å². The quantitative estimate of drug-likeness (QED) is 0.869. The van der Waals surface area contributed by atoms with Gasteiger partial charge in [-0.3, -0.25) is 4.98 Å². The average Bonchev–Trinajstić information content (AvgIpc) is 2.34. The molecule has 0 aromatic carbocycles. The summed E-state index contributed by atoms with van der Waals surface area (Å²) in [4.78, 5) is 12.7. The van der Waals surface area contributed by atoms with Crippen LogP contribution < -0.4 is 5.32 Å². The zero-order chi connectivity index (χ0) is 13.1. The Balaban J connectivity index is 2.36. The van der Waals surface area contributed by atoms with Crippen molar-refractivity contribution in [3.63, 3.8) is 0 Å². The van der Waals surface area contributed by atoms with E-state index in [0.717, 1.165) is 28.0 Å². The Morgan fingerprint density at radius 1 is 1.33 bits per heavy atom. The normalized spacial score (nSPS) is 10.4. The van der Waals surface area contributed by atoms with E-state index in [1.807, 2.05) is 19.9 Å². The first kappa shape index (κ1) is 13.2. The lowest BCUT2D eigenvalue weighted by Crippen LogP contribution is -2.03. The van der Waals surface area contributed by atoms with Crippen LogP contribution in [0.4, 0.5) is 11.5 Å². The largest absolute Gasteiger partial charge is 0.339 e. The highest BCUT2D eigenvalue weighted by Crippen LogP contribution is 2.24. The monoisotopic (exact) mass is 326 g/mol. The van der Waals surface area contributed by atoms with E-state index in [-0.39, 0.29) is 0 Å². The number of aromatic nitrogens is 3. The molecule has 0 unspecified atom stereocenters. The van der Waals surface area contributed by atoms with Gasteiger partial charge < -0.3 is 5.32 Å². The fourth-order valence-electron chi connectivity index (χ4n) is 1.43. The number of anilines is 2. The molecule has 2 aromatic heterocycles. The first-order valence-electron chi connectivity index (χ1n) is 5.50. The van der Waals surface area contributed by atoms with Crippen LogP contribution in [0.15, 0.2) is 22.9 Å². The molecule has 6 heteroatoms. The van der Waals surface area contributed by atoms with Crippen molar-refractivity contribution >= 4 is 39.0 Å². The van der Waals surface area contributed by atoms with Gasteiger partial charge in [-0.25, -0.2) is 9.97 Å². The highest BCUT2D eigenvalue weighted by molar-refractivity contribution is 9.10. The third-order valence-electron chi connectivity index (χ3n) is 2.42. The van der Waals surface area contributed by atoms with Crippen LogP contribution in [0.1, 0.15) is 18.3 Å².